The zero-order chi connectivity index (χ0) is 19.0. The molecule has 27 heavy (non-hydrogen) atoms. The molecule has 2 saturated carbocycles. The van der Waals surface area contributed by atoms with Gasteiger partial charge < -0.3 is 20.3 Å². The van der Waals surface area contributed by atoms with Crippen LogP contribution >= 0.6 is 11.8 Å². The highest BCUT2D eigenvalue weighted by molar-refractivity contribution is 7.99. The highest BCUT2D eigenvalue weighted by Crippen LogP contribution is 2.52. The second-order valence-corrected chi connectivity index (χ2v) is 10.4. The van der Waals surface area contributed by atoms with Crippen LogP contribution in [0.25, 0.3) is 0 Å². The number of nitrogens with one attached hydrogen (secondary N) is 2. The summed E-state index contributed by atoms with van der Waals surface area (Å²) in [4.78, 5) is 27.2. The van der Waals surface area contributed by atoms with Crippen LogP contribution in [0.2, 0.25) is 0 Å². The van der Waals surface area contributed by atoms with Crippen LogP contribution in [-0.2, 0) is 9.53 Å². The summed E-state index contributed by atoms with van der Waals surface area (Å²) in [5, 5.41) is 6.36. The van der Waals surface area contributed by atoms with E-state index in [1.54, 1.807) is 0 Å². The maximum absolute atomic E-state index is 12.7. The van der Waals surface area contributed by atoms with Gasteiger partial charge in [-0.1, -0.05) is 13.8 Å². The number of hydrogen-bond acceptors (Lipinski definition) is 4. The average molecular weight is 396 g/mol. The Balaban J connectivity index is 1.21. The van der Waals surface area contributed by atoms with Crippen molar-refractivity contribution in [2.75, 3.05) is 31.2 Å². The maximum Gasteiger partial charge on any atom is 0.315 e. The summed E-state index contributed by atoms with van der Waals surface area (Å²) in [5.41, 5.74) is 0.00924. The van der Waals surface area contributed by atoms with Gasteiger partial charge >= 0.3 is 6.03 Å². The Labute approximate surface area is 166 Å². The Morgan fingerprint density at radius 2 is 1.74 bits per heavy atom. The van der Waals surface area contributed by atoms with Crippen molar-refractivity contribution in [1.29, 1.82) is 0 Å². The van der Waals surface area contributed by atoms with E-state index < -0.39 is 0 Å². The minimum atomic E-state index is -0.0544. The van der Waals surface area contributed by atoms with Crippen LogP contribution in [0.5, 0.6) is 0 Å². The van der Waals surface area contributed by atoms with Gasteiger partial charge in [0.15, 0.2) is 0 Å². The number of carbonyl (C=O) groups excluding carboxylic acids is 2. The van der Waals surface area contributed by atoms with Gasteiger partial charge in [-0.3, -0.25) is 4.79 Å². The highest BCUT2D eigenvalue weighted by atomic mass is 32.2. The quantitative estimate of drug-likeness (QED) is 0.769. The zero-order valence-electron chi connectivity index (χ0n) is 16.5. The minimum absolute atomic E-state index is 0.00924. The van der Waals surface area contributed by atoms with Crippen molar-refractivity contribution in [2.24, 2.45) is 17.3 Å². The summed E-state index contributed by atoms with van der Waals surface area (Å²) in [6.07, 6.45) is 4.91. The standard InChI is InChI=1S/C20H33N3O3S/c1-20(2)16(15-7-10-26-17(15)20)22-19(25)21-14-5-3-13(4-6-14)18(24)23-8-11-27-12-9-23/h13-17H,3-12H2,1-2H3,(H2,21,22,25). The molecular formula is C20H33N3O3S. The van der Waals surface area contributed by atoms with Gasteiger partial charge in [-0.05, 0) is 32.1 Å². The number of carbonyl (C=O) groups is 2. The van der Waals surface area contributed by atoms with Crippen molar-refractivity contribution in [3.05, 3.63) is 0 Å². The van der Waals surface area contributed by atoms with Gasteiger partial charge in [0, 0.05) is 60.5 Å². The van der Waals surface area contributed by atoms with Crippen molar-refractivity contribution < 1.29 is 14.3 Å². The van der Waals surface area contributed by atoms with Crippen LogP contribution in [0, 0.1) is 17.3 Å². The second kappa shape index (κ2) is 7.82. The first-order chi connectivity index (χ1) is 13.0. The third-order valence-electron chi connectivity index (χ3n) is 7.12. The number of hydrogen-bond donors (Lipinski definition) is 2. The van der Waals surface area contributed by atoms with Gasteiger partial charge in [0.2, 0.25) is 5.91 Å². The third kappa shape index (κ3) is 3.82. The number of urea groups is 1. The average Bonchev–Trinajstić information content (AvgIpc) is 3.14. The molecule has 0 aromatic rings. The lowest BCUT2D eigenvalue weighted by molar-refractivity contribution is -0.136. The molecule has 7 heteroatoms. The smallest absolute Gasteiger partial charge is 0.315 e. The lowest BCUT2D eigenvalue weighted by Crippen LogP contribution is -2.68. The van der Waals surface area contributed by atoms with E-state index in [0.717, 1.165) is 63.3 Å². The van der Waals surface area contributed by atoms with Gasteiger partial charge in [0.25, 0.3) is 0 Å². The highest BCUT2D eigenvalue weighted by Gasteiger charge is 2.59. The Bertz CT molecular complexity index is 571. The molecule has 3 atom stereocenters. The normalized spacial score (nSPS) is 37.9. The Kier molecular flexibility index (Phi) is 5.61. The number of thioether (sulfide) groups is 1. The summed E-state index contributed by atoms with van der Waals surface area (Å²) in [6, 6.07) is 0.325. The molecule has 0 bridgehead atoms. The fourth-order valence-electron chi connectivity index (χ4n) is 5.51. The molecule has 4 aliphatic rings. The van der Waals surface area contributed by atoms with Crippen LogP contribution in [-0.4, -0.2) is 66.2 Å². The van der Waals surface area contributed by atoms with E-state index in [2.05, 4.69) is 24.5 Å². The van der Waals surface area contributed by atoms with Crippen molar-refractivity contribution in [2.45, 2.75) is 64.1 Å². The fourth-order valence-corrected chi connectivity index (χ4v) is 6.42. The Hall–Kier alpha value is -0.950. The van der Waals surface area contributed by atoms with Crippen LogP contribution in [0.15, 0.2) is 0 Å². The summed E-state index contributed by atoms with van der Waals surface area (Å²) >= 11 is 1.93. The van der Waals surface area contributed by atoms with E-state index in [1.807, 2.05) is 16.7 Å². The van der Waals surface area contributed by atoms with E-state index in [4.69, 9.17) is 4.74 Å². The molecule has 0 aromatic heterocycles. The molecule has 2 heterocycles. The van der Waals surface area contributed by atoms with Crippen LogP contribution in [0.3, 0.4) is 0 Å². The molecule has 3 unspecified atom stereocenters. The van der Waals surface area contributed by atoms with E-state index in [0.29, 0.717) is 11.8 Å². The van der Waals surface area contributed by atoms with E-state index in [-0.39, 0.29) is 35.6 Å². The second-order valence-electron chi connectivity index (χ2n) is 9.15. The summed E-state index contributed by atoms with van der Waals surface area (Å²) in [6.45, 7) is 6.97. The molecule has 2 saturated heterocycles. The monoisotopic (exact) mass is 395 g/mol. The number of amides is 3. The van der Waals surface area contributed by atoms with Gasteiger partial charge in [0.1, 0.15) is 0 Å². The SMILES string of the molecule is CC1(C)C(NC(=O)NC2CCC(C(=O)N3CCSCC3)CC2)C2CCOC21. The first-order valence-electron chi connectivity index (χ1n) is 10.5. The molecule has 0 spiro atoms. The molecule has 0 aromatic carbocycles. The molecule has 0 radical (unpaired) electrons. The zero-order valence-corrected chi connectivity index (χ0v) is 17.4. The summed E-state index contributed by atoms with van der Waals surface area (Å²) < 4.78 is 5.80. The number of nitrogens with zero attached hydrogens (tertiary/aromatic N) is 1. The molecule has 2 aliphatic carbocycles. The van der Waals surface area contributed by atoms with Crippen LogP contribution in [0.4, 0.5) is 4.79 Å². The van der Waals surface area contributed by atoms with Crippen molar-refractivity contribution in [1.82, 2.24) is 15.5 Å². The van der Waals surface area contributed by atoms with Crippen LogP contribution in [0.1, 0.15) is 46.0 Å². The first-order valence-corrected chi connectivity index (χ1v) is 11.7. The van der Waals surface area contributed by atoms with Gasteiger partial charge in [-0.25, -0.2) is 4.79 Å². The minimum Gasteiger partial charge on any atom is -0.377 e. The lowest BCUT2D eigenvalue weighted by Gasteiger charge is -2.54. The van der Waals surface area contributed by atoms with Gasteiger partial charge in [-0.15, -0.1) is 0 Å². The Morgan fingerprint density at radius 1 is 1.04 bits per heavy atom. The summed E-state index contributed by atoms with van der Waals surface area (Å²) in [7, 11) is 0. The topological polar surface area (TPSA) is 70.7 Å². The predicted molar refractivity (Wildman–Crippen MR) is 107 cm³/mol. The van der Waals surface area contributed by atoms with Gasteiger partial charge in [-0.2, -0.15) is 11.8 Å². The molecule has 4 rings (SSSR count). The number of rotatable bonds is 3. The molecular weight excluding hydrogens is 362 g/mol. The molecule has 2 N–H and O–H groups in total. The van der Waals surface area contributed by atoms with Crippen molar-refractivity contribution >= 4 is 23.7 Å². The molecule has 4 fully saturated rings. The van der Waals surface area contributed by atoms with E-state index in [9.17, 15) is 9.59 Å². The van der Waals surface area contributed by atoms with E-state index in [1.165, 1.54) is 0 Å². The van der Waals surface area contributed by atoms with Crippen LogP contribution < -0.4 is 10.6 Å². The largest absolute Gasteiger partial charge is 0.377 e. The summed E-state index contributed by atoms with van der Waals surface area (Å²) in [5.74, 6) is 3.07. The predicted octanol–water partition coefficient (Wildman–Crippen LogP) is 2.23. The molecule has 3 amide bonds. The van der Waals surface area contributed by atoms with E-state index >= 15 is 0 Å². The number of ether oxygens (including phenoxy) is 1. The fraction of sp³-hybridized carbons (Fsp3) is 0.900. The van der Waals surface area contributed by atoms with Gasteiger partial charge in [0.05, 0.1) is 6.10 Å². The number of fused-ring (bicyclic) bond motifs is 1. The molecule has 2 aliphatic heterocycles. The van der Waals surface area contributed by atoms with Crippen molar-refractivity contribution in [3.8, 4) is 0 Å². The Morgan fingerprint density at radius 3 is 2.44 bits per heavy atom. The van der Waals surface area contributed by atoms with Crippen molar-refractivity contribution in [3.63, 3.8) is 0 Å². The molecule has 6 nitrogen and oxygen atoms in total. The third-order valence-corrected chi connectivity index (χ3v) is 8.06. The lowest BCUT2D eigenvalue weighted by atomic mass is 9.57. The first kappa shape index (κ1) is 19.4. The maximum atomic E-state index is 12.7. The molecule has 152 valence electrons.